The normalized spacial score (nSPS) is 21.0. The Bertz CT molecular complexity index is 1050. The number of aryl methyl sites for hydroxylation is 1. The fourth-order valence-electron chi connectivity index (χ4n) is 4.39. The lowest BCUT2D eigenvalue weighted by Gasteiger charge is -2.31. The molecule has 0 saturated carbocycles. The largest absolute Gasteiger partial charge is 0.490 e. The average molecular weight is 472 g/mol. The van der Waals surface area contributed by atoms with E-state index in [1.165, 1.54) is 4.31 Å². The van der Waals surface area contributed by atoms with Gasteiger partial charge in [0.2, 0.25) is 15.9 Å². The van der Waals surface area contributed by atoms with Crippen LogP contribution in [-0.4, -0.2) is 62.9 Å². The SMILES string of the molecule is Cc1ccc(S(=O)(=O)N2CCC[C@H](C(=O)Nc3ccc(OC4CCN(C)CC4)cc3)C2)cc1. The van der Waals surface area contributed by atoms with Crippen LogP contribution in [0.3, 0.4) is 0 Å². The van der Waals surface area contributed by atoms with Crippen molar-refractivity contribution < 1.29 is 17.9 Å². The Kier molecular flexibility index (Phi) is 7.36. The lowest BCUT2D eigenvalue weighted by molar-refractivity contribution is -0.120. The number of sulfonamides is 1. The van der Waals surface area contributed by atoms with Gasteiger partial charge in [0.1, 0.15) is 11.9 Å². The molecule has 0 aliphatic carbocycles. The van der Waals surface area contributed by atoms with Gasteiger partial charge < -0.3 is 15.0 Å². The number of anilines is 1. The minimum atomic E-state index is -3.61. The second-order valence-electron chi connectivity index (χ2n) is 9.15. The van der Waals surface area contributed by atoms with Crippen LogP contribution in [0.5, 0.6) is 5.75 Å². The van der Waals surface area contributed by atoms with E-state index in [2.05, 4.69) is 17.3 Å². The lowest BCUT2D eigenvalue weighted by atomic mass is 9.98. The van der Waals surface area contributed by atoms with E-state index in [9.17, 15) is 13.2 Å². The fourth-order valence-corrected chi connectivity index (χ4v) is 5.91. The Morgan fingerprint density at radius 2 is 1.64 bits per heavy atom. The maximum atomic E-state index is 13.0. The summed E-state index contributed by atoms with van der Waals surface area (Å²) in [7, 11) is -1.49. The number of piperidine rings is 2. The first-order valence-corrected chi connectivity index (χ1v) is 13.1. The summed E-state index contributed by atoms with van der Waals surface area (Å²) in [6, 6.07) is 14.3. The molecular formula is C25H33N3O4S. The molecule has 8 heteroatoms. The number of amides is 1. The van der Waals surface area contributed by atoms with Crippen LogP contribution >= 0.6 is 0 Å². The van der Waals surface area contributed by atoms with E-state index in [1.54, 1.807) is 24.3 Å². The van der Waals surface area contributed by atoms with Crippen LogP contribution in [0, 0.1) is 12.8 Å². The molecule has 2 aromatic rings. The molecule has 0 bridgehead atoms. The highest BCUT2D eigenvalue weighted by molar-refractivity contribution is 7.89. The first kappa shape index (κ1) is 23.7. The van der Waals surface area contributed by atoms with E-state index in [1.807, 2.05) is 31.2 Å². The summed E-state index contributed by atoms with van der Waals surface area (Å²) in [5, 5.41) is 2.94. The Balaban J connectivity index is 1.34. The van der Waals surface area contributed by atoms with E-state index in [0.29, 0.717) is 25.1 Å². The number of carbonyl (C=O) groups excluding carboxylic acids is 1. The number of nitrogens with zero attached hydrogens (tertiary/aromatic N) is 2. The number of rotatable bonds is 6. The maximum Gasteiger partial charge on any atom is 0.243 e. The molecule has 0 aromatic heterocycles. The molecule has 1 atom stereocenters. The van der Waals surface area contributed by atoms with Gasteiger partial charge in [0, 0.05) is 31.9 Å². The third-order valence-electron chi connectivity index (χ3n) is 6.50. The van der Waals surface area contributed by atoms with Crippen molar-refractivity contribution in [2.45, 2.75) is 43.6 Å². The number of nitrogens with one attached hydrogen (secondary N) is 1. The molecule has 1 amide bonds. The minimum Gasteiger partial charge on any atom is -0.490 e. The maximum absolute atomic E-state index is 13.0. The van der Waals surface area contributed by atoms with Gasteiger partial charge in [0.15, 0.2) is 0 Å². The molecule has 2 aromatic carbocycles. The van der Waals surface area contributed by atoms with Crippen LogP contribution in [0.1, 0.15) is 31.2 Å². The molecule has 7 nitrogen and oxygen atoms in total. The van der Waals surface area contributed by atoms with Crippen molar-refractivity contribution in [3.8, 4) is 5.75 Å². The van der Waals surface area contributed by atoms with E-state index in [-0.39, 0.29) is 29.4 Å². The summed E-state index contributed by atoms with van der Waals surface area (Å²) in [6.45, 7) is 4.63. The number of hydrogen-bond donors (Lipinski definition) is 1. The Hall–Kier alpha value is -2.42. The molecular weight excluding hydrogens is 438 g/mol. The van der Waals surface area contributed by atoms with Crippen molar-refractivity contribution >= 4 is 21.6 Å². The van der Waals surface area contributed by atoms with Crippen LogP contribution in [0.2, 0.25) is 0 Å². The van der Waals surface area contributed by atoms with Crippen molar-refractivity contribution in [1.29, 1.82) is 0 Å². The van der Waals surface area contributed by atoms with Crippen LogP contribution in [0.25, 0.3) is 0 Å². The predicted molar refractivity (Wildman–Crippen MR) is 129 cm³/mol. The van der Waals surface area contributed by atoms with E-state index < -0.39 is 10.0 Å². The van der Waals surface area contributed by atoms with Crippen molar-refractivity contribution in [3.05, 3.63) is 54.1 Å². The summed E-state index contributed by atoms with van der Waals surface area (Å²) in [4.78, 5) is 15.5. The third-order valence-corrected chi connectivity index (χ3v) is 8.38. The smallest absolute Gasteiger partial charge is 0.243 e. The zero-order valence-corrected chi connectivity index (χ0v) is 20.2. The monoisotopic (exact) mass is 471 g/mol. The highest BCUT2D eigenvalue weighted by Gasteiger charge is 2.33. The Morgan fingerprint density at radius 3 is 2.30 bits per heavy atom. The second kappa shape index (κ2) is 10.2. The Labute approximate surface area is 196 Å². The number of hydrogen-bond acceptors (Lipinski definition) is 5. The van der Waals surface area contributed by atoms with Gasteiger partial charge in [-0.15, -0.1) is 0 Å². The van der Waals surface area contributed by atoms with Crippen molar-refractivity contribution in [1.82, 2.24) is 9.21 Å². The molecule has 0 spiro atoms. The van der Waals surface area contributed by atoms with E-state index in [0.717, 1.165) is 37.2 Å². The van der Waals surface area contributed by atoms with Gasteiger partial charge in [0.05, 0.1) is 10.8 Å². The molecule has 33 heavy (non-hydrogen) atoms. The average Bonchev–Trinajstić information content (AvgIpc) is 2.82. The summed E-state index contributed by atoms with van der Waals surface area (Å²) in [5.41, 5.74) is 1.70. The predicted octanol–water partition coefficient (Wildman–Crippen LogP) is 3.51. The van der Waals surface area contributed by atoms with Gasteiger partial charge in [-0.3, -0.25) is 4.79 Å². The van der Waals surface area contributed by atoms with Gasteiger partial charge in [-0.05, 0) is 76.1 Å². The highest BCUT2D eigenvalue weighted by atomic mass is 32.2. The first-order chi connectivity index (χ1) is 15.8. The third kappa shape index (κ3) is 5.93. The minimum absolute atomic E-state index is 0.150. The highest BCUT2D eigenvalue weighted by Crippen LogP contribution is 2.26. The fraction of sp³-hybridized carbons (Fsp3) is 0.480. The van der Waals surface area contributed by atoms with Crippen LogP contribution in [-0.2, 0) is 14.8 Å². The molecule has 0 radical (unpaired) electrons. The first-order valence-electron chi connectivity index (χ1n) is 11.6. The van der Waals surface area contributed by atoms with Crippen LogP contribution < -0.4 is 10.1 Å². The summed E-state index contributed by atoms with van der Waals surface area (Å²) < 4.78 is 33.5. The van der Waals surface area contributed by atoms with Gasteiger partial charge in [-0.25, -0.2) is 8.42 Å². The topological polar surface area (TPSA) is 79.0 Å². The summed E-state index contributed by atoms with van der Waals surface area (Å²) in [5.74, 6) is 0.271. The molecule has 2 saturated heterocycles. The van der Waals surface area contributed by atoms with Crippen molar-refractivity contribution in [2.75, 3.05) is 38.5 Å². The van der Waals surface area contributed by atoms with E-state index >= 15 is 0 Å². The number of carbonyl (C=O) groups is 1. The number of benzene rings is 2. The molecule has 2 heterocycles. The quantitative estimate of drug-likeness (QED) is 0.698. The zero-order valence-electron chi connectivity index (χ0n) is 19.4. The molecule has 4 rings (SSSR count). The van der Waals surface area contributed by atoms with Gasteiger partial charge in [0.25, 0.3) is 0 Å². The summed E-state index contributed by atoms with van der Waals surface area (Å²) >= 11 is 0. The number of likely N-dealkylation sites (tertiary alicyclic amines) is 1. The van der Waals surface area contributed by atoms with Crippen LogP contribution in [0.15, 0.2) is 53.4 Å². The zero-order chi connectivity index (χ0) is 23.4. The lowest BCUT2D eigenvalue weighted by Crippen LogP contribution is -2.43. The Morgan fingerprint density at radius 1 is 0.970 bits per heavy atom. The second-order valence-corrected chi connectivity index (χ2v) is 11.1. The molecule has 1 N–H and O–H groups in total. The van der Waals surface area contributed by atoms with Crippen LogP contribution in [0.4, 0.5) is 5.69 Å². The molecule has 2 fully saturated rings. The molecule has 2 aliphatic rings. The standard InChI is InChI=1S/C25H33N3O4S/c1-19-5-11-24(12-6-19)33(30,31)28-15-3-4-20(18-28)25(29)26-21-7-9-22(10-8-21)32-23-13-16-27(2)17-14-23/h5-12,20,23H,3-4,13-18H2,1-2H3,(H,26,29)/t20-/m0/s1. The van der Waals surface area contributed by atoms with Crippen molar-refractivity contribution in [2.24, 2.45) is 5.92 Å². The van der Waals surface area contributed by atoms with Crippen molar-refractivity contribution in [3.63, 3.8) is 0 Å². The van der Waals surface area contributed by atoms with Gasteiger partial charge >= 0.3 is 0 Å². The molecule has 2 aliphatic heterocycles. The molecule has 0 unspecified atom stereocenters. The molecule has 178 valence electrons. The van der Waals surface area contributed by atoms with Gasteiger partial charge in [-0.1, -0.05) is 17.7 Å². The number of ether oxygens (including phenoxy) is 1. The van der Waals surface area contributed by atoms with Gasteiger partial charge in [-0.2, -0.15) is 4.31 Å². The van der Waals surface area contributed by atoms with E-state index in [4.69, 9.17) is 4.74 Å². The summed E-state index contributed by atoms with van der Waals surface area (Å²) in [6.07, 6.45) is 3.58.